The molecule has 164 valence electrons. The number of furan rings is 1. The summed E-state index contributed by atoms with van der Waals surface area (Å²) in [6.07, 6.45) is 5.49. The molecular formula is C22H33N5O2S. The minimum absolute atomic E-state index is 0.126. The van der Waals surface area contributed by atoms with Gasteiger partial charge in [0.2, 0.25) is 5.91 Å². The molecule has 0 bridgehead atoms. The van der Waals surface area contributed by atoms with Crippen molar-refractivity contribution in [2.75, 3.05) is 32.7 Å². The van der Waals surface area contributed by atoms with Crippen LogP contribution in [-0.2, 0) is 17.8 Å². The van der Waals surface area contributed by atoms with Crippen molar-refractivity contribution in [3.05, 3.63) is 46.5 Å². The number of nitrogens with one attached hydrogen (secondary N) is 3. The van der Waals surface area contributed by atoms with Crippen LogP contribution in [0, 0.1) is 0 Å². The molecule has 3 rings (SSSR count). The van der Waals surface area contributed by atoms with E-state index in [0.717, 1.165) is 63.6 Å². The minimum Gasteiger partial charge on any atom is -0.469 e. The number of thiophene rings is 1. The molecule has 7 nitrogen and oxygen atoms in total. The second-order valence-electron chi connectivity index (χ2n) is 7.55. The Kier molecular flexibility index (Phi) is 9.24. The average molecular weight is 432 g/mol. The van der Waals surface area contributed by atoms with Gasteiger partial charge in [-0.2, -0.15) is 0 Å². The number of rotatable bonds is 10. The topological polar surface area (TPSA) is 81.9 Å². The molecule has 0 atom stereocenters. The van der Waals surface area contributed by atoms with Gasteiger partial charge in [0.05, 0.1) is 19.4 Å². The summed E-state index contributed by atoms with van der Waals surface area (Å²) in [5.41, 5.74) is 0. The van der Waals surface area contributed by atoms with Gasteiger partial charge in [0.1, 0.15) is 5.76 Å². The molecule has 2 aromatic heterocycles. The Balaban J connectivity index is 1.46. The third-order valence-electron chi connectivity index (χ3n) is 5.08. The average Bonchev–Trinajstić information content (AvgIpc) is 3.46. The van der Waals surface area contributed by atoms with Gasteiger partial charge in [0.25, 0.3) is 0 Å². The fourth-order valence-corrected chi connectivity index (χ4v) is 4.05. The molecule has 0 spiro atoms. The molecule has 3 N–H and O–H groups in total. The van der Waals surface area contributed by atoms with Crippen molar-refractivity contribution >= 4 is 23.2 Å². The Hall–Kier alpha value is -2.32. The van der Waals surface area contributed by atoms with Gasteiger partial charge in [-0.05, 0) is 42.8 Å². The Morgan fingerprint density at radius 2 is 2.10 bits per heavy atom. The zero-order valence-corrected chi connectivity index (χ0v) is 18.5. The maximum atomic E-state index is 11.9. The summed E-state index contributed by atoms with van der Waals surface area (Å²) < 4.78 is 5.42. The van der Waals surface area contributed by atoms with Crippen LogP contribution < -0.4 is 16.0 Å². The molecule has 8 heteroatoms. The molecule has 1 amide bonds. The minimum atomic E-state index is 0.126. The quantitative estimate of drug-likeness (QED) is 0.398. The molecule has 0 aromatic carbocycles. The summed E-state index contributed by atoms with van der Waals surface area (Å²) in [4.78, 5) is 20.2. The monoisotopic (exact) mass is 431 g/mol. The van der Waals surface area contributed by atoms with Crippen molar-refractivity contribution in [2.45, 2.75) is 45.2 Å². The van der Waals surface area contributed by atoms with E-state index in [-0.39, 0.29) is 5.91 Å². The third-order valence-corrected chi connectivity index (χ3v) is 5.95. The van der Waals surface area contributed by atoms with Gasteiger partial charge in [-0.1, -0.05) is 13.0 Å². The molecule has 0 unspecified atom stereocenters. The lowest BCUT2D eigenvalue weighted by atomic mass is 10.1. The van der Waals surface area contributed by atoms with Crippen molar-refractivity contribution in [1.29, 1.82) is 0 Å². The van der Waals surface area contributed by atoms with Crippen LogP contribution in [0.25, 0.3) is 0 Å². The third kappa shape index (κ3) is 7.84. The number of amides is 1. The molecule has 0 radical (unpaired) electrons. The zero-order valence-electron chi connectivity index (χ0n) is 17.7. The second-order valence-corrected chi connectivity index (χ2v) is 8.58. The van der Waals surface area contributed by atoms with Crippen LogP contribution in [0.1, 0.15) is 36.8 Å². The number of aliphatic imine (C=N–C) groups is 1. The predicted molar refractivity (Wildman–Crippen MR) is 122 cm³/mol. The number of carbonyl (C=O) groups is 1. The lowest BCUT2D eigenvalue weighted by Gasteiger charge is -2.32. The van der Waals surface area contributed by atoms with Crippen molar-refractivity contribution in [3.8, 4) is 0 Å². The van der Waals surface area contributed by atoms with Crippen LogP contribution >= 0.6 is 11.3 Å². The number of piperidine rings is 1. The Bertz CT molecular complexity index is 753. The first-order valence-electron chi connectivity index (χ1n) is 10.8. The fraction of sp³-hybridized carbons (Fsp3) is 0.545. The van der Waals surface area contributed by atoms with Crippen molar-refractivity contribution in [2.24, 2.45) is 4.99 Å². The predicted octanol–water partition coefficient (Wildman–Crippen LogP) is 2.61. The first-order chi connectivity index (χ1) is 14.7. The van der Waals surface area contributed by atoms with Crippen molar-refractivity contribution in [1.82, 2.24) is 20.9 Å². The largest absolute Gasteiger partial charge is 0.469 e. The van der Waals surface area contributed by atoms with E-state index in [0.29, 0.717) is 19.1 Å². The van der Waals surface area contributed by atoms with Gasteiger partial charge in [0, 0.05) is 43.5 Å². The van der Waals surface area contributed by atoms with Crippen LogP contribution in [0.5, 0.6) is 0 Å². The molecule has 1 aliphatic heterocycles. The Morgan fingerprint density at radius 3 is 2.80 bits per heavy atom. The van der Waals surface area contributed by atoms with E-state index in [1.807, 2.05) is 12.1 Å². The highest BCUT2D eigenvalue weighted by Crippen LogP contribution is 2.12. The Morgan fingerprint density at radius 1 is 1.23 bits per heavy atom. The number of guanidine groups is 1. The van der Waals surface area contributed by atoms with E-state index in [2.05, 4.69) is 45.3 Å². The first-order valence-corrected chi connectivity index (χ1v) is 11.7. The van der Waals surface area contributed by atoms with Gasteiger partial charge < -0.3 is 20.4 Å². The van der Waals surface area contributed by atoms with E-state index < -0.39 is 0 Å². The van der Waals surface area contributed by atoms with Crippen LogP contribution in [-0.4, -0.2) is 55.5 Å². The van der Waals surface area contributed by atoms with Gasteiger partial charge in [-0.25, -0.2) is 4.99 Å². The lowest BCUT2D eigenvalue weighted by molar-refractivity contribution is -0.122. The van der Waals surface area contributed by atoms with Crippen molar-refractivity contribution in [3.63, 3.8) is 0 Å². The summed E-state index contributed by atoms with van der Waals surface area (Å²) in [5, 5.41) is 12.1. The van der Waals surface area contributed by atoms with Gasteiger partial charge in [-0.15, -0.1) is 11.3 Å². The van der Waals surface area contributed by atoms with Crippen LogP contribution in [0.3, 0.4) is 0 Å². The van der Waals surface area contributed by atoms with Crippen LogP contribution in [0.4, 0.5) is 0 Å². The molecule has 0 saturated carbocycles. The normalized spacial score (nSPS) is 15.8. The SMILES string of the molecule is CCCNC(=O)CN1CCC(NC(=NCc2cccs2)NCCc2ccco2)CC1. The molecule has 1 aliphatic rings. The highest BCUT2D eigenvalue weighted by atomic mass is 32.1. The van der Waals surface area contributed by atoms with E-state index in [1.54, 1.807) is 17.6 Å². The summed E-state index contributed by atoms with van der Waals surface area (Å²) in [7, 11) is 0. The number of carbonyl (C=O) groups excluding carboxylic acids is 1. The summed E-state index contributed by atoms with van der Waals surface area (Å²) in [6.45, 7) is 6.59. The van der Waals surface area contributed by atoms with Gasteiger partial charge >= 0.3 is 0 Å². The van der Waals surface area contributed by atoms with E-state index >= 15 is 0 Å². The standard InChI is InChI=1S/C22H33N5O2S/c1-2-10-23-21(28)17-27-12-8-18(9-13-27)26-22(25-16-20-6-4-15-30-20)24-11-7-19-5-3-14-29-19/h3-6,14-15,18H,2,7-13,16-17H2,1H3,(H,23,28)(H2,24,25,26). The molecule has 3 heterocycles. The molecule has 0 aliphatic carbocycles. The zero-order chi connectivity index (χ0) is 21.0. The first kappa shape index (κ1) is 22.4. The summed E-state index contributed by atoms with van der Waals surface area (Å²) in [5.74, 6) is 1.94. The number of hydrogen-bond donors (Lipinski definition) is 3. The molecule has 1 saturated heterocycles. The molecule has 30 heavy (non-hydrogen) atoms. The van der Waals surface area contributed by atoms with E-state index in [1.165, 1.54) is 4.88 Å². The lowest BCUT2D eigenvalue weighted by Crippen LogP contribution is -2.50. The van der Waals surface area contributed by atoms with Gasteiger partial charge in [0.15, 0.2) is 5.96 Å². The maximum absolute atomic E-state index is 11.9. The number of hydrogen-bond acceptors (Lipinski definition) is 5. The van der Waals surface area contributed by atoms with E-state index in [9.17, 15) is 4.79 Å². The number of likely N-dealkylation sites (tertiary alicyclic amines) is 1. The van der Waals surface area contributed by atoms with Crippen molar-refractivity contribution < 1.29 is 9.21 Å². The van der Waals surface area contributed by atoms with Gasteiger partial charge in [-0.3, -0.25) is 9.69 Å². The smallest absolute Gasteiger partial charge is 0.234 e. The summed E-state index contributed by atoms with van der Waals surface area (Å²) >= 11 is 1.72. The second kappa shape index (κ2) is 12.4. The van der Waals surface area contributed by atoms with Crippen LogP contribution in [0.2, 0.25) is 0 Å². The maximum Gasteiger partial charge on any atom is 0.234 e. The van der Waals surface area contributed by atoms with Crippen LogP contribution in [0.15, 0.2) is 45.3 Å². The fourth-order valence-electron chi connectivity index (χ4n) is 3.42. The van der Waals surface area contributed by atoms with E-state index in [4.69, 9.17) is 9.41 Å². The highest BCUT2D eigenvalue weighted by molar-refractivity contribution is 7.09. The molecule has 1 fully saturated rings. The summed E-state index contributed by atoms with van der Waals surface area (Å²) in [6, 6.07) is 8.42. The molecule has 2 aromatic rings. The highest BCUT2D eigenvalue weighted by Gasteiger charge is 2.21. The Labute approximate surface area is 182 Å². The molecular weight excluding hydrogens is 398 g/mol. The number of nitrogens with zero attached hydrogens (tertiary/aromatic N) is 2.